The van der Waals surface area contributed by atoms with E-state index in [1.807, 2.05) is 0 Å². The lowest BCUT2D eigenvalue weighted by Crippen LogP contribution is -2.18. The zero-order valence-corrected chi connectivity index (χ0v) is 10.2. The Morgan fingerprint density at radius 3 is 2.50 bits per heavy atom. The van der Waals surface area contributed by atoms with E-state index in [1.165, 1.54) is 24.5 Å². The quantitative estimate of drug-likeness (QED) is 0.744. The fraction of sp³-hybridized carbons (Fsp3) is 0.0909. The number of alkyl halides is 3. The molecule has 0 unspecified atom stereocenters. The van der Waals surface area contributed by atoms with E-state index in [9.17, 15) is 17.6 Å². The molecule has 0 aliphatic rings. The van der Waals surface area contributed by atoms with Crippen molar-refractivity contribution in [1.29, 1.82) is 0 Å². The summed E-state index contributed by atoms with van der Waals surface area (Å²) in [5.41, 5.74) is -0.121. The summed E-state index contributed by atoms with van der Waals surface area (Å²) in [4.78, 5) is 0. The number of furan rings is 1. The molecule has 0 bridgehead atoms. The van der Waals surface area contributed by atoms with Gasteiger partial charge < -0.3 is 9.15 Å². The molecular formula is C11H5BrF4O2. The number of benzene rings is 1. The van der Waals surface area contributed by atoms with Crippen LogP contribution in [0.5, 0.6) is 5.75 Å². The Hall–Kier alpha value is -1.50. The second-order valence-corrected chi connectivity index (χ2v) is 4.21. The summed E-state index contributed by atoms with van der Waals surface area (Å²) in [6, 6.07) is 5.05. The van der Waals surface area contributed by atoms with E-state index in [-0.39, 0.29) is 15.8 Å². The summed E-state index contributed by atoms with van der Waals surface area (Å²) >= 11 is 2.99. The average molecular weight is 325 g/mol. The largest absolute Gasteiger partial charge is 0.573 e. The van der Waals surface area contributed by atoms with Crippen molar-refractivity contribution in [2.45, 2.75) is 6.36 Å². The fourth-order valence-electron chi connectivity index (χ4n) is 1.39. The summed E-state index contributed by atoms with van der Waals surface area (Å²) in [6.45, 7) is 0. The molecule has 18 heavy (non-hydrogen) atoms. The topological polar surface area (TPSA) is 22.4 Å². The molecule has 2 aromatic rings. The second-order valence-electron chi connectivity index (χ2n) is 3.29. The van der Waals surface area contributed by atoms with Crippen LogP contribution < -0.4 is 4.74 Å². The molecule has 2 rings (SSSR count). The Labute approximate surface area is 107 Å². The Balaban J connectivity index is 2.56. The molecular weight excluding hydrogens is 320 g/mol. The molecule has 0 aliphatic carbocycles. The predicted molar refractivity (Wildman–Crippen MR) is 58.5 cm³/mol. The molecule has 0 atom stereocenters. The first kappa shape index (κ1) is 12.9. The molecule has 1 heterocycles. The predicted octanol–water partition coefficient (Wildman–Crippen LogP) is 4.75. The van der Waals surface area contributed by atoms with Gasteiger partial charge in [-0.3, -0.25) is 0 Å². The van der Waals surface area contributed by atoms with Gasteiger partial charge in [0.15, 0.2) is 11.6 Å². The highest BCUT2D eigenvalue weighted by molar-refractivity contribution is 9.10. The molecule has 0 radical (unpaired) electrons. The molecule has 0 N–H and O–H groups in total. The third kappa shape index (κ3) is 2.84. The van der Waals surface area contributed by atoms with Gasteiger partial charge in [0.25, 0.3) is 0 Å². The van der Waals surface area contributed by atoms with Crippen molar-refractivity contribution in [3.63, 3.8) is 0 Å². The van der Waals surface area contributed by atoms with E-state index < -0.39 is 17.9 Å². The van der Waals surface area contributed by atoms with Crippen LogP contribution >= 0.6 is 15.9 Å². The van der Waals surface area contributed by atoms with Gasteiger partial charge in [-0.05, 0) is 24.3 Å². The van der Waals surface area contributed by atoms with Crippen LogP contribution in [-0.4, -0.2) is 6.36 Å². The molecule has 0 aliphatic heterocycles. The molecule has 96 valence electrons. The number of rotatable bonds is 2. The number of ether oxygens (including phenoxy) is 1. The standard InChI is InChI=1S/C11H5BrF4O2/c12-6-4-7(9-2-1-3-17-9)10(8(13)5-6)18-11(14,15)16/h1-5H. The number of halogens is 5. The normalized spacial score (nSPS) is 11.6. The van der Waals surface area contributed by atoms with Crippen LogP contribution in [0.2, 0.25) is 0 Å². The highest BCUT2D eigenvalue weighted by atomic mass is 79.9. The molecule has 1 aromatic heterocycles. The van der Waals surface area contributed by atoms with Crippen LogP contribution in [0.1, 0.15) is 0 Å². The van der Waals surface area contributed by atoms with Crippen molar-refractivity contribution < 1.29 is 26.7 Å². The Morgan fingerprint density at radius 2 is 1.94 bits per heavy atom. The molecule has 0 saturated heterocycles. The van der Waals surface area contributed by atoms with Crippen molar-refractivity contribution in [3.8, 4) is 17.1 Å². The molecule has 2 nitrogen and oxygen atoms in total. The van der Waals surface area contributed by atoms with E-state index >= 15 is 0 Å². The van der Waals surface area contributed by atoms with E-state index in [0.29, 0.717) is 0 Å². The van der Waals surface area contributed by atoms with Gasteiger partial charge in [0, 0.05) is 4.47 Å². The minimum atomic E-state index is -4.98. The first-order valence-corrected chi connectivity index (χ1v) is 5.45. The lowest BCUT2D eigenvalue weighted by atomic mass is 10.1. The monoisotopic (exact) mass is 324 g/mol. The smallest absolute Gasteiger partial charge is 0.464 e. The van der Waals surface area contributed by atoms with Crippen molar-refractivity contribution >= 4 is 15.9 Å². The zero-order valence-electron chi connectivity index (χ0n) is 8.59. The van der Waals surface area contributed by atoms with Gasteiger partial charge in [0.1, 0.15) is 5.76 Å². The van der Waals surface area contributed by atoms with Gasteiger partial charge in [-0.25, -0.2) is 4.39 Å². The number of hydrogen-bond acceptors (Lipinski definition) is 2. The van der Waals surface area contributed by atoms with Crippen molar-refractivity contribution in [2.75, 3.05) is 0 Å². The van der Waals surface area contributed by atoms with Crippen LogP contribution in [0, 0.1) is 5.82 Å². The molecule has 0 saturated carbocycles. The third-order valence-corrected chi connectivity index (χ3v) is 2.47. The van der Waals surface area contributed by atoms with Crippen molar-refractivity contribution in [2.24, 2.45) is 0 Å². The van der Waals surface area contributed by atoms with Gasteiger partial charge >= 0.3 is 6.36 Å². The van der Waals surface area contributed by atoms with Gasteiger partial charge in [-0.1, -0.05) is 15.9 Å². The van der Waals surface area contributed by atoms with Crippen molar-refractivity contribution in [1.82, 2.24) is 0 Å². The van der Waals surface area contributed by atoms with Gasteiger partial charge in [0.2, 0.25) is 0 Å². The van der Waals surface area contributed by atoms with Crippen LogP contribution in [0.4, 0.5) is 17.6 Å². The van der Waals surface area contributed by atoms with Crippen LogP contribution in [0.25, 0.3) is 11.3 Å². The van der Waals surface area contributed by atoms with Crippen LogP contribution in [0.3, 0.4) is 0 Å². The van der Waals surface area contributed by atoms with Crippen molar-refractivity contribution in [3.05, 3.63) is 40.8 Å². The zero-order chi connectivity index (χ0) is 13.3. The SMILES string of the molecule is Fc1cc(Br)cc(-c2ccco2)c1OC(F)(F)F. The van der Waals surface area contributed by atoms with Gasteiger partial charge in [-0.2, -0.15) is 0 Å². The maximum absolute atomic E-state index is 13.5. The molecule has 0 spiro atoms. The summed E-state index contributed by atoms with van der Waals surface area (Å²) in [5.74, 6) is -1.97. The molecule has 0 fully saturated rings. The first-order valence-electron chi connectivity index (χ1n) is 4.65. The summed E-state index contributed by atoms with van der Waals surface area (Å²) in [7, 11) is 0. The van der Waals surface area contributed by atoms with E-state index in [1.54, 1.807) is 0 Å². The highest BCUT2D eigenvalue weighted by Crippen LogP contribution is 2.38. The van der Waals surface area contributed by atoms with Crippen LogP contribution in [0.15, 0.2) is 39.4 Å². The van der Waals surface area contributed by atoms with E-state index in [2.05, 4.69) is 20.7 Å². The first-order chi connectivity index (χ1) is 8.37. The highest BCUT2D eigenvalue weighted by Gasteiger charge is 2.34. The van der Waals surface area contributed by atoms with E-state index in [0.717, 1.165) is 6.07 Å². The Bertz CT molecular complexity index is 549. The minimum absolute atomic E-state index is 0.0782. The second kappa shape index (κ2) is 4.64. The summed E-state index contributed by atoms with van der Waals surface area (Å²) in [6.07, 6.45) is -3.71. The fourth-order valence-corrected chi connectivity index (χ4v) is 1.82. The molecule has 1 aromatic carbocycles. The van der Waals surface area contributed by atoms with Gasteiger partial charge in [-0.15, -0.1) is 13.2 Å². The summed E-state index contributed by atoms with van der Waals surface area (Å²) < 4.78 is 59.1. The van der Waals surface area contributed by atoms with Crippen LogP contribution in [-0.2, 0) is 0 Å². The average Bonchev–Trinajstić information content (AvgIpc) is 2.73. The maximum Gasteiger partial charge on any atom is 0.573 e. The Kier molecular flexibility index (Phi) is 3.34. The van der Waals surface area contributed by atoms with E-state index in [4.69, 9.17) is 4.42 Å². The lowest BCUT2D eigenvalue weighted by molar-refractivity contribution is -0.275. The lowest BCUT2D eigenvalue weighted by Gasteiger charge is -2.13. The molecule has 7 heteroatoms. The minimum Gasteiger partial charge on any atom is -0.464 e. The van der Waals surface area contributed by atoms with Gasteiger partial charge in [0.05, 0.1) is 11.8 Å². The Morgan fingerprint density at radius 1 is 1.22 bits per heavy atom. The molecule has 0 amide bonds. The summed E-state index contributed by atoms with van der Waals surface area (Å²) in [5, 5.41) is 0. The number of hydrogen-bond donors (Lipinski definition) is 0. The maximum atomic E-state index is 13.5. The third-order valence-electron chi connectivity index (χ3n) is 2.01.